The van der Waals surface area contributed by atoms with E-state index in [2.05, 4.69) is 12.1 Å². The zero-order chi connectivity index (χ0) is 14.8. The van der Waals surface area contributed by atoms with Gasteiger partial charge < -0.3 is 10.6 Å². The highest BCUT2D eigenvalue weighted by Crippen LogP contribution is 2.41. The number of nitrogens with two attached hydrogens (primary N) is 1. The minimum Gasteiger partial charge on any atom is -0.331 e. The van der Waals surface area contributed by atoms with Crippen molar-refractivity contribution in [2.24, 2.45) is 5.73 Å². The SMILES string of the molecule is CCN1C(=O)c2ccccc2[C@@H](CN)[C@@H]1c1ccccc1. The minimum atomic E-state index is 0.0172. The zero-order valence-electron chi connectivity index (χ0n) is 12.2. The summed E-state index contributed by atoms with van der Waals surface area (Å²) in [5.41, 5.74) is 9.09. The predicted octanol–water partition coefficient (Wildman–Crippen LogP) is 2.95. The molecule has 0 bridgehead atoms. The number of carbonyl (C=O) groups excluding carboxylic acids is 1. The van der Waals surface area contributed by atoms with E-state index in [9.17, 15) is 4.79 Å². The van der Waals surface area contributed by atoms with Crippen molar-refractivity contribution < 1.29 is 4.79 Å². The van der Waals surface area contributed by atoms with Crippen molar-refractivity contribution in [3.05, 3.63) is 71.3 Å². The monoisotopic (exact) mass is 280 g/mol. The number of amides is 1. The molecule has 3 rings (SSSR count). The van der Waals surface area contributed by atoms with Crippen LogP contribution in [0.25, 0.3) is 0 Å². The maximum absolute atomic E-state index is 12.8. The molecule has 0 aromatic heterocycles. The van der Waals surface area contributed by atoms with Gasteiger partial charge in [-0.2, -0.15) is 0 Å². The van der Waals surface area contributed by atoms with Gasteiger partial charge in [0.2, 0.25) is 0 Å². The number of benzene rings is 2. The average molecular weight is 280 g/mol. The molecule has 0 saturated heterocycles. The van der Waals surface area contributed by atoms with E-state index < -0.39 is 0 Å². The second-order valence-corrected chi connectivity index (χ2v) is 5.38. The molecule has 108 valence electrons. The molecule has 2 aromatic rings. The van der Waals surface area contributed by atoms with Crippen LogP contribution in [-0.4, -0.2) is 23.9 Å². The Balaban J connectivity index is 2.16. The van der Waals surface area contributed by atoms with Gasteiger partial charge in [0.1, 0.15) is 0 Å². The van der Waals surface area contributed by atoms with Crippen LogP contribution in [0.1, 0.15) is 40.4 Å². The van der Waals surface area contributed by atoms with Gasteiger partial charge in [-0.3, -0.25) is 4.79 Å². The first-order valence-electron chi connectivity index (χ1n) is 7.42. The van der Waals surface area contributed by atoms with Crippen LogP contribution in [0.5, 0.6) is 0 Å². The Hall–Kier alpha value is -2.13. The Morgan fingerprint density at radius 1 is 1.05 bits per heavy atom. The third kappa shape index (κ3) is 2.24. The lowest BCUT2D eigenvalue weighted by atomic mass is 9.80. The summed E-state index contributed by atoms with van der Waals surface area (Å²) in [6, 6.07) is 18.0. The molecule has 1 aliphatic rings. The first-order chi connectivity index (χ1) is 10.3. The maximum Gasteiger partial charge on any atom is 0.254 e. The van der Waals surface area contributed by atoms with Gasteiger partial charge in [-0.05, 0) is 24.1 Å². The normalized spacial score (nSPS) is 21.2. The summed E-state index contributed by atoms with van der Waals surface area (Å²) in [7, 11) is 0. The number of fused-ring (bicyclic) bond motifs is 1. The third-order valence-corrected chi connectivity index (χ3v) is 4.30. The van der Waals surface area contributed by atoms with Crippen molar-refractivity contribution in [1.82, 2.24) is 4.90 Å². The van der Waals surface area contributed by atoms with Crippen LogP contribution in [0, 0.1) is 0 Å². The molecule has 21 heavy (non-hydrogen) atoms. The predicted molar refractivity (Wildman–Crippen MR) is 84.1 cm³/mol. The fraction of sp³-hybridized carbons (Fsp3) is 0.278. The molecule has 3 heteroatoms. The van der Waals surface area contributed by atoms with Crippen molar-refractivity contribution in [3.63, 3.8) is 0 Å². The van der Waals surface area contributed by atoms with E-state index >= 15 is 0 Å². The Bertz CT molecular complexity index is 639. The van der Waals surface area contributed by atoms with E-state index in [0.717, 1.165) is 16.7 Å². The first kappa shape index (κ1) is 13.8. The molecule has 0 unspecified atom stereocenters. The zero-order valence-corrected chi connectivity index (χ0v) is 12.2. The summed E-state index contributed by atoms with van der Waals surface area (Å²) in [5.74, 6) is 0.243. The van der Waals surface area contributed by atoms with Gasteiger partial charge in [0, 0.05) is 24.6 Å². The Kier molecular flexibility index (Phi) is 3.76. The molecular formula is C18H20N2O. The van der Waals surface area contributed by atoms with Crippen LogP contribution >= 0.6 is 0 Å². The molecule has 2 aromatic carbocycles. The van der Waals surface area contributed by atoms with E-state index in [4.69, 9.17) is 5.73 Å². The van der Waals surface area contributed by atoms with Crippen molar-refractivity contribution >= 4 is 5.91 Å². The second-order valence-electron chi connectivity index (χ2n) is 5.38. The number of hydrogen-bond donors (Lipinski definition) is 1. The van der Waals surface area contributed by atoms with Crippen LogP contribution < -0.4 is 5.73 Å². The lowest BCUT2D eigenvalue weighted by molar-refractivity contribution is 0.0625. The Morgan fingerprint density at radius 3 is 2.38 bits per heavy atom. The molecular weight excluding hydrogens is 260 g/mol. The average Bonchev–Trinajstić information content (AvgIpc) is 2.55. The number of hydrogen-bond acceptors (Lipinski definition) is 2. The number of likely N-dealkylation sites (N-methyl/N-ethyl adjacent to an activating group) is 1. The molecule has 1 aliphatic heterocycles. The molecule has 0 radical (unpaired) electrons. The molecule has 1 heterocycles. The maximum atomic E-state index is 12.8. The van der Waals surface area contributed by atoms with Crippen molar-refractivity contribution in [2.45, 2.75) is 18.9 Å². The number of carbonyl (C=O) groups is 1. The van der Waals surface area contributed by atoms with Gasteiger partial charge in [-0.15, -0.1) is 0 Å². The summed E-state index contributed by atoms with van der Waals surface area (Å²) in [4.78, 5) is 14.7. The lowest BCUT2D eigenvalue weighted by Crippen LogP contribution is -2.44. The lowest BCUT2D eigenvalue weighted by Gasteiger charge is -2.41. The van der Waals surface area contributed by atoms with Crippen LogP contribution in [0.3, 0.4) is 0 Å². The van der Waals surface area contributed by atoms with Crippen molar-refractivity contribution in [2.75, 3.05) is 13.1 Å². The number of nitrogens with zero attached hydrogens (tertiary/aromatic N) is 1. The highest BCUT2D eigenvalue weighted by Gasteiger charge is 2.38. The van der Waals surface area contributed by atoms with Crippen molar-refractivity contribution in [3.8, 4) is 0 Å². The topological polar surface area (TPSA) is 46.3 Å². The van der Waals surface area contributed by atoms with Crippen LogP contribution in [-0.2, 0) is 0 Å². The summed E-state index contributed by atoms with van der Waals surface area (Å²) in [5, 5.41) is 0. The molecule has 0 spiro atoms. The molecule has 2 atom stereocenters. The van der Waals surface area contributed by atoms with E-state index in [1.54, 1.807) is 0 Å². The van der Waals surface area contributed by atoms with Gasteiger partial charge in [0.15, 0.2) is 0 Å². The molecule has 1 amide bonds. The van der Waals surface area contributed by atoms with E-state index in [0.29, 0.717) is 13.1 Å². The highest BCUT2D eigenvalue weighted by atomic mass is 16.2. The standard InChI is InChI=1S/C18H20N2O/c1-2-20-17(13-8-4-3-5-9-13)16(12-19)14-10-6-7-11-15(14)18(20)21/h3-11,16-17H,2,12,19H2,1H3/t16-,17+/m1/s1. The molecule has 0 saturated carbocycles. The van der Waals surface area contributed by atoms with Gasteiger partial charge in [0.25, 0.3) is 5.91 Å². The quantitative estimate of drug-likeness (QED) is 0.939. The van der Waals surface area contributed by atoms with Crippen LogP contribution in [0.15, 0.2) is 54.6 Å². The van der Waals surface area contributed by atoms with Crippen LogP contribution in [0.2, 0.25) is 0 Å². The van der Waals surface area contributed by atoms with E-state index in [1.807, 2.05) is 54.3 Å². The summed E-state index contributed by atoms with van der Waals surface area (Å²) in [6.45, 7) is 3.24. The van der Waals surface area contributed by atoms with Gasteiger partial charge >= 0.3 is 0 Å². The van der Waals surface area contributed by atoms with Gasteiger partial charge in [-0.1, -0.05) is 48.5 Å². The molecule has 3 nitrogen and oxygen atoms in total. The smallest absolute Gasteiger partial charge is 0.254 e. The largest absolute Gasteiger partial charge is 0.331 e. The van der Waals surface area contributed by atoms with Crippen LogP contribution in [0.4, 0.5) is 0 Å². The molecule has 0 fully saturated rings. The number of rotatable bonds is 3. The van der Waals surface area contributed by atoms with Gasteiger partial charge in [-0.25, -0.2) is 0 Å². The summed E-state index contributed by atoms with van der Waals surface area (Å²) in [6.07, 6.45) is 0. The fourth-order valence-corrected chi connectivity index (χ4v) is 3.34. The second kappa shape index (κ2) is 5.70. The Morgan fingerprint density at radius 2 is 1.71 bits per heavy atom. The Labute approximate surface area is 125 Å². The molecule has 0 aliphatic carbocycles. The summed E-state index contributed by atoms with van der Waals surface area (Å²) >= 11 is 0. The minimum absolute atomic E-state index is 0.0172. The fourth-order valence-electron chi connectivity index (χ4n) is 3.34. The third-order valence-electron chi connectivity index (χ3n) is 4.30. The van der Waals surface area contributed by atoms with Gasteiger partial charge in [0.05, 0.1) is 6.04 Å². The van der Waals surface area contributed by atoms with E-state index in [1.165, 1.54) is 0 Å². The highest BCUT2D eigenvalue weighted by molar-refractivity contribution is 5.97. The summed E-state index contributed by atoms with van der Waals surface area (Å²) < 4.78 is 0. The first-order valence-corrected chi connectivity index (χ1v) is 7.42. The molecule has 2 N–H and O–H groups in total. The van der Waals surface area contributed by atoms with E-state index in [-0.39, 0.29) is 17.9 Å². The van der Waals surface area contributed by atoms with Crippen molar-refractivity contribution in [1.29, 1.82) is 0 Å².